The fourth-order valence-electron chi connectivity index (χ4n) is 4.08. The molecule has 0 unspecified atom stereocenters. The first kappa shape index (κ1) is 14.8. The van der Waals surface area contributed by atoms with Crippen molar-refractivity contribution in [2.24, 2.45) is 16.7 Å². The molecule has 0 amide bonds. The van der Waals surface area contributed by atoms with Crippen molar-refractivity contribution in [1.82, 2.24) is 4.72 Å². The normalized spacial score (nSPS) is 31.0. The summed E-state index contributed by atoms with van der Waals surface area (Å²) in [5, 5.41) is 0. The van der Waals surface area contributed by atoms with Crippen molar-refractivity contribution in [3.05, 3.63) is 24.2 Å². The number of hydrogen-bond acceptors (Lipinski definition) is 4. The quantitative estimate of drug-likeness (QED) is 0.903. The molecule has 1 N–H and O–H groups in total. The highest BCUT2D eigenvalue weighted by atomic mass is 32.2. The third-order valence-electron chi connectivity index (χ3n) is 5.62. The molecule has 6 heteroatoms. The molecule has 116 valence electrons. The maximum absolute atomic E-state index is 12.4. The highest BCUT2D eigenvalue weighted by Crippen LogP contribution is 2.64. The summed E-state index contributed by atoms with van der Waals surface area (Å²) in [5.74, 6) is 0.901. The Morgan fingerprint density at radius 1 is 1.43 bits per heavy atom. The van der Waals surface area contributed by atoms with Crippen LogP contribution in [-0.4, -0.2) is 20.0 Å². The van der Waals surface area contributed by atoms with E-state index < -0.39 is 15.4 Å². The SMILES string of the molecule is CC1(C)[C@H]2CC[C@]1(CS(=O)(=O)NCc1ccco1)C(=O)C2. The number of carbonyl (C=O) groups is 1. The molecule has 2 bridgehead atoms. The average molecular weight is 311 g/mol. The van der Waals surface area contributed by atoms with Gasteiger partial charge >= 0.3 is 0 Å². The molecule has 2 aliphatic rings. The van der Waals surface area contributed by atoms with Gasteiger partial charge in [-0.3, -0.25) is 4.79 Å². The Morgan fingerprint density at radius 2 is 2.19 bits per heavy atom. The van der Waals surface area contributed by atoms with Gasteiger partial charge in [0.15, 0.2) is 0 Å². The number of furan rings is 1. The van der Waals surface area contributed by atoms with Crippen LogP contribution in [0, 0.1) is 16.7 Å². The highest BCUT2D eigenvalue weighted by Gasteiger charge is 2.65. The first-order valence-electron chi connectivity index (χ1n) is 7.30. The topological polar surface area (TPSA) is 76.4 Å². The fourth-order valence-corrected chi connectivity index (χ4v) is 5.87. The Morgan fingerprint density at radius 3 is 2.71 bits per heavy atom. The van der Waals surface area contributed by atoms with Gasteiger partial charge in [-0.1, -0.05) is 13.8 Å². The van der Waals surface area contributed by atoms with Gasteiger partial charge in [-0.15, -0.1) is 0 Å². The summed E-state index contributed by atoms with van der Waals surface area (Å²) in [6, 6.07) is 3.44. The van der Waals surface area contributed by atoms with Crippen LogP contribution in [-0.2, 0) is 21.4 Å². The van der Waals surface area contributed by atoms with Gasteiger partial charge in [-0.05, 0) is 36.3 Å². The Bertz CT molecular complexity index is 647. The van der Waals surface area contributed by atoms with Crippen LogP contribution in [0.5, 0.6) is 0 Å². The van der Waals surface area contributed by atoms with E-state index in [1.807, 2.05) is 13.8 Å². The van der Waals surface area contributed by atoms with Crippen molar-refractivity contribution in [3.8, 4) is 0 Å². The summed E-state index contributed by atoms with van der Waals surface area (Å²) in [6.07, 6.45) is 3.67. The van der Waals surface area contributed by atoms with Crippen molar-refractivity contribution in [1.29, 1.82) is 0 Å². The lowest BCUT2D eigenvalue weighted by molar-refractivity contribution is -0.128. The molecule has 1 aromatic rings. The van der Waals surface area contributed by atoms with E-state index in [9.17, 15) is 13.2 Å². The summed E-state index contributed by atoms with van der Waals surface area (Å²) in [6.45, 7) is 4.21. The molecule has 1 heterocycles. The molecule has 0 aromatic carbocycles. The predicted octanol–water partition coefficient (Wildman–Crippen LogP) is 2.09. The molecule has 2 aliphatic carbocycles. The first-order valence-corrected chi connectivity index (χ1v) is 8.95. The molecule has 5 nitrogen and oxygen atoms in total. The molecule has 1 aromatic heterocycles. The largest absolute Gasteiger partial charge is 0.468 e. The van der Waals surface area contributed by atoms with Gasteiger partial charge in [0.25, 0.3) is 0 Å². The van der Waals surface area contributed by atoms with E-state index in [1.54, 1.807) is 12.1 Å². The maximum Gasteiger partial charge on any atom is 0.213 e. The monoisotopic (exact) mass is 311 g/mol. The zero-order valence-corrected chi connectivity index (χ0v) is 13.2. The number of ketones is 1. The minimum atomic E-state index is -3.52. The number of Topliss-reactive ketones (excluding diaryl/α,β-unsaturated/α-hetero) is 1. The van der Waals surface area contributed by atoms with Crippen LogP contribution < -0.4 is 4.72 Å². The second kappa shape index (κ2) is 4.68. The first-order chi connectivity index (χ1) is 9.77. The Labute approximate surface area is 125 Å². The van der Waals surface area contributed by atoms with Crippen LogP contribution in [0.2, 0.25) is 0 Å². The second-order valence-corrected chi connectivity index (χ2v) is 8.63. The molecular formula is C15H21NO4S. The van der Waals surface area contributed by atoms with E-state index in [2.05, 4.69) is 4.72 Å². The van der Waals surface area contributed by atoms with Gasteiger partial charge in [0.05, 0.1) is 18.6 Å². The van der Waals surface area contributed by atoms with E-state index in [-0.39, 0.29) is 23.5 Å². The molecule has 2 saturated carbocycles. The Balaban J connectivity index is 1.77. The van der Waals surface area contributed by atoms with Crippen molar-refractivity contribution in [2.75, 3.05) is 5.75 Å². The van der Waals surface area contributed by atoms with Gasteiger partial charge in [-0.2, -0.15) is 0 Å². The van der Waals surface area contributed by atoms with Crippen molar-refractivity contribution < 1.29 is 17.6 Å². The Hall–Kier alpha value is -1.14. The number of nitrogens with one attached hydrogen (secondary N) is 1. The van der Waals surface area contributed by atoms with Gasteiger partial charge in [0.2, 0.25) is 10.0 Å². The van der Waals surface area contributed by atoms with Crippen LogP contribution in [0.3, 0.4) is 0 Å². The number of carbonyl (C=O) groups excluding carboxylic acids is 1. The smallest absolute Gasteiger partial charge is 0.213 e. The molecule has 0 spiro atoms. The third kappa shape index (κ3) is 2.25. The molecule has 0 aliphatic heterocycles. The number of sulfonamides is 1. The van der Waals surface area contributed by atoms with E-state index >= 15 is 0 Å². The summed E-state index contributed by atoms with van der Waals surface area (Å²) in [5.41, 5.74) is -0.948. The molecule has 0 radical (unpaired) electrons. The molecule has 0 saturated heterocycles. The van der Waals surface area contributed by atoms with E-state index in [4.69, 9.17) is 4.42 Å². The lowest BCUT2D eigenvalue weighted by atomic mass is 9.70. The molecule has 2 fully saturated rings. The van der Waals surface area contributed by atoms with E-state index in [0.29, 0.717) is 24.5 Å². The van der Waals surface area contributed by atoms with Crippen molar-refractivity contribution in [2.45, 2.75) is 39.7 Å². The summed E-state index contributed by atoms with van der Waals surface area (Å²) >= 11 is 0. The van der Waals surface area contributed by atoms with Gasteiger partial charge < -0.3 is 4.42 Å². The predicted molar refractivity (Wildman–Crippen MR) is 77.9 cm³/mol. The standard InChI is InChI=1S/C15H21NO4S/c1-14(2)11-5-6-15(14,13(17)8-11)10-21(18,19)16-9-12-4-3-7-20-12/h3-4,7,11,16H,5-6,8-10H2,1-2H3/t11-,15-/m0/s1. The zero-order valence-electron chi connectivity index (χ0n) is 12.4. The number of fused-ring (bicyclic) bond motifs is 2. The van der Waals surface area contributed by atoms with Crippen LogP contribution in [0.1, 0.15) is 38.9 Å². The third-order valence-corrected chi connectivity index (χ3v) is 7.08. The van der Waals surface area contributed by atoms with Gasteiger partial charge in [-0.25, -0.2) is 13.1 Å². The minimum absolute atomic E-state index is 0.108. The number of rotatable bonds is 5. The number of hydrogen-bond donors (Lipinski definition) is 1. The van der Waals surface area contributed by atoms with Gasteiger partial charge in [0, 0.05) is 11.8 Å². The Kier molecular flexibility index (Phi) is 3.29. The molecule has 21 heavy (non-hydrogen) atoms. The summed E-state index contributed by atoms with van der Waals surface area (Å²) < 4.78 is 32.5. The van der Waals surface area contributed by atoms with Crippen LogP contribution in [0.25, 0.3) is 0 Å². The molecule has 2 atom stereocenters. The van der Waals surface area contributed by atoms with E-state index in [1.165, 1.54) is 6.26 Å². The lowest BCUT2D eigenvalue weighted by Gasteiger charge is -2.36. The summed E-state index contributed by atoms with van der Waals surface area (Å²) in [4.78, 5) is 12.4. The summed E-state index contributed by atoms with van der Waals surface area (Å²) in [7, 11) is -3.52. The average Bonchev–Trinajstić information content (AvgIpc) is 3.02. The highest BCUT2D eigenvalue weighted by molar-refractivity contribution is 7.89. The van der Waals surface area contributed by atoms with Crippen LogP contribution in [0.4, 0.5) is 0 Å². The molecule has 3 rings (SSSR count). The van der Waals surface area contributed by atoms with Crippen molar-refractivity contribution in [3.63, 3.8) is 0 Å². The fraction of sp³-hybridized carbons (Fsp3) is 0.667. The van der Waals surface area contributed by atoms with Crippen LogP contribution >= 0.6 is 0 Å². The van der Waals surface area contributed by atoms with Crippen LogP contribution in [0.15, 0.2) is 22.8 Å². The van der Waals surface area contributed by atoms with Gasteiger partial charge in [0.1, 0.15) is 11.5 Å². The van der Waals surface area contributed by atoms with E-state index in [0.717, 1.165) is 6.42 Å². The minimum Gasteiger partial charge on any atom is -0.468 e. The maximum atomic E-state index is 12.4. The van der Waals surface area contributed by atoms with Crippen molar-refractivity contribution >= 4 is 15.8 Å². The zero-order chi connectivity index (χ0) is 15.3. The lowest BCUT2D eigenvalue weighted by Crippen LogP contribution is -2.45. The second-order valence-electron chi connectivity index (χ2n) is 6.83. The molecular weight excluding hydrogens is 290 g/mol.